The molecule has 0 atom stereocenters. The van der Waals surface area contributed by atoms with Crippen LogP contribution in [0.25, 0.3) is 10.9 Å². The molecule has 7 nitrogen and oxygen atoms in total. The second-order valence-electron chi connectivity index (χ2n) is 7.40. The lowest BCUT2D eigenvalue weighted by atomic mass is 10.0. The van der Waals surface area contributed by atoms with Gasteiger partial charge in [-0.15, -0.1) is 0 Å². The summed E-state index contributed by atoms with van der Waals surface area (Å²) in [6.45, 7) is 1.74. The first kappa shape index (κ1) is 20.7. The fourth-order valence-electron chi connectivity index (χ4n) is 3.68. The summed E-state index contributed by atoms with van der Waals surface area (Å²) in [6.07, 6.45) is 3.90. The average molecular weight is 423 g/mol. The molecule has 0 fully saturated rings. The van der Waals surface area contributed by atoms with Gasteiger partial charge >= 0.3 is 0 Å². The summed E-state index contributed by atoms with van der Waals surface area (Å²) in [6, 6.07) is 10.5. The number of aryl methyl sites for hydroxylation is 1. The van der Waals surface area contributed by atoms with Gasteiger partial charge in [0.05, 0.1) is 6.54 Å². The molecule has 0 spiro atoms. The number of aromatic amines is 1. The summed E-state index contributed by atoms with van der Waals surface area (Å²) in [5, 5.41) is 10.3. The molecule has 1 aliphatic rings. The summed E-state index contributed by atoms with van der Waals surface area (Å²) in [5.41, 5.74) is 3.95. The number of anilines is 1. The van der Waals surface area contributed by atoms with Crippen molar-refractivity contribution in [3.8, 4) is 5.75 Å². The van der Waals surface area contributed by atoms with Gasteiger partial charge in [0.2, 0.25) is 5.91 Å². The van der Waals surface area contributed by atoms with Gasteiger partial charge in [0.15, 0.2) is 5.96 Å². The van der Waals surface area contributed by atoms with Crippen LogP contribution < -0.4 is 20.7 Å². The number of halogens is 1. The fourth-order valence-corrected chi connectivity index (χ4v) is 3.68. The van der Waals surface area contributed by atoms with Gasteiger partial charge in [0.1, 0.15) is 18.2 Å². The Balaban J connectivity index is 1.20. The number of nitrogens with zero attached hydrogens (tertiary/aromatic N) is 1. The maximum absolute atomic E-state index is 13.5. The van der Waals surface area contributed by atoms with E-state index in [0.29, 0.717) is 32.1 Å². The highest BCUT2D eigenvalue weighted by Gasteiger charge is 2.15. The topological polar surface area (TPSA) is 90.5 Å². The van der Waals surface area contributed by atoms with Gasteiger partial charge in [-0.1, -0.05) is 0 Å². The zero-order valence-corrected chi connectivity index (χ0v) is 17.4. The molecule has 0 saturated carbocycles. The van der Waals surface area contributed by atoms with E-state index in [1.807, 2.05) is 24.4 Å². The van der Waals surface area contributed by atoms with Crippen molar-refractivity contribution in [2.24, 2.45) is 4.99 Å². The first-order valence-electron chi connectivity index (χ1n) is 10.4. The molecule has 1 amide bonds. The highest BCUT2D eigenvalue weighted by Crippen LogP contribution is 2.26. The number of fused-ring (bicyclic) bond motifs is 2. The summed E-state index contributed by atoms with van der Waals surface area (Å²) in [7, 11) is 1.72. The molecular formula is C23H26FN5O2. The van der Waals surface area contributed by atoms with Crippen LogP contribution in [-0.2, 0) is 17.6 Å². The largest absolute Gasteiger partial charge is 0.492 e. The zero-order valence-electron chi connectivity index (χ0n) is 17.4. The van der Waals surface area contributed by atoms with Gasteiger partial charge in [-0.2, -0.15) is 0 Å². The Bertz CT molecular complexity index is 1110. The van der Waals surface area contributed by atoms with Crippen molar-refractivity contribution >= 4 is 28.5 Å². The maximum Gasteiger partial charge on any atom is 0.224 e. The normalized spacial score (nSPS) is 13.6. The lowest BCUT2D eigenvalue weighted by molar-refractivity contribution is -0.116. The first-order chi connectivity index (χ1) is 15.1. The summed E-state index contributed by atoms with van der Waals surface area (Å²) < 4.78 is 19.3. The van der Waals surface area contributed by atoms with E-state index in [1.54, 1.807) is 19.2 Å². The number of hydrogen-bond donors (Lipinski definition) is 4. The van der Waals surface area contributed by atoms with Crippen molar-refractivity contribution in [1.82, 2.24) is 15.6 Å². The molecule has 2 heterocycles. The number of carbonyl (C=O) groups excluding carboxylic acids is 1. The maximum atomic E-state index is 13.5. The van der Waals surface area contributed by atoms with Gasteiger partial charge in [-0.3, -0.25) is 9.79 Å². The number of amides is 1. The quantitative estimate of drug-likeness (QED) is 0.267. The second-order valence-corrected chi connectivity index (χ2v) is 7.40. The third kappa shape index (κ3) is 5.14. The Kier molecular flexibility index (Phi) is 6.35. The molecule has 0 bridgehead atoms. The summed E-state index contributed by atoms with van der Waals surface area (Å²) >= 11 is 0. The number of benzene rings is 2. The molecule has 2 aromatic carbocycles. The van der Waals surface area contributed by atoms with Crippen LogP contribution >= 0.6 is 0 Å². The van der Waals surface area contributed by atoms with Gasteiger partial charge in [0.25, 0.3) is 0 Å². The summed E-state index contributed by atoms with van der Waals surface area (Å²) in [4.78, 5) is 18.8. The van der Waals surface area contributed by atoms with Crippen LogP contribution in [0.15, 0.2) is 47.6 Å². The molecule has 0 unspecified atom stereocenters. The molecule has 162 valence electrons. The number of aromatic nitrogens is 1. The molecule has 1 aliphatic heterocycles. The van der Waals surface area contributed by atoms with E-state index in [-0.39, 0.29) is 11.7 Å². The van der Waals surface area contributed by atoms with E-state index in [0.717, 1.165) is 46.3 Å². The highest BCUT2D eigenvalue weighted by molar-refractivity contribution is 5.94. The molecule has 31 heavy (non-hydrogen) atoms. The minimum atomic E-state index is -0.234. The molecule has 4 rings (SSSR count). The monoisotopic (exact) mass is 423 g/mol. The smallest absolute Gasteiger partial charge is 0.224 e. The number of rotatable bonds is 7. The van der Waals surface area contributed by atoms with E-state index < -0.39 is 0 Å². The van der Waals surface area contributed by atoms with E-state index in [2.05, 4.69) is 25.9 Å². The predicted molar refractivity (Wildman–Crippen MR) is 120 cm³/mol. The van der Waals surface area contributed by atoms with Crippen LogP contribution in [0.3, 0.4) is 0 Å². The Morgan fingerprint density at radius 1 is 1.16 bits per heavy atom. The van der Waals surface area contributed by atoms with Crippen molar-refractivity contribution in [2.45, 2.75) is 19.3 Å². The Morgan fingerprint density at radius 3 is 2.90 bits per heavy atom. The van der Waals surface area contributed by atoms with Crippen molar-refractivity contribution < 1.29 is 13.9 Å². The van der Waals surface area contributed by atoms with Gasteiger partial charge in [0, 0.05) is 42.8 Å². The molecular weight excluding hydrogens is 397 g/mol. The molecule has 4 N–H and O–H groups in total. The lowest BCUT2D eigenvalue weighted by Gasteiger charge is -2.18. The van der Waals surface area contributed by atoms with Crippen molar-refractivity contribution in [2.75, 3.05) is 32.1 Å². The minimum Gasteiger partial charge on any atom is -0.492 e. The van der Waals surface area contributed by atoms with E-state index >= 15 is 0 Å². The van der Waals surface area contributed by atoms with Gasteiger partial charge in [-0.05, 0) is 60.4 Å². The van der Waals surface area contributed by atoms with Crippen LogP contribution in [0, 0.1) is 5.82 Å². The summed E-state index contributed by atoms with van der Waals surface area (Å²) in [5.74, 6) is 1.29. The lowest BCUT2D eigenvalue weighted by Crippen LogP contribution is -2.40. The van der Waals surface area contributed by atoms with Crippen LogP contribution in [-0.4, -0.2) is 43.6 Å². The molecule has 0 aliphatic carbocycles. The van der Waals surface area contributed by atoms with E-state index in [9.17, 15) is 9.18 Å². The fraction of sp³-hybridized carbons (Fsp3) is 0.304. The van der Waals surface area contributed by atoms with E-state index in [4.69, 9.17) is 4.74 Å². The molecule has 3 aromatic rings. The predicted octanol–water partition coefficient (Wildman–Crippen LogP) is 2.98. The highest BCUT2D eigenvalue weighted by atomic mass is 19.1. The molecule has 0 saturated heterocycles. The van der Waals surface area contributed by atoms with Crippen molar-refractivity contribution in [3.05, 3.63) is 59.5 Å². The second kappa shape index (κ2) is 9.51. The number of H-pyrrole nitrogens is 1. The first-order valence-corrected chi connectivity index (χ1v) is 10.4. The SMILES string of the molecule is CN=C(NCCOc1ccc2c(c1)CCC(=O)N2)NCCc1c[nH]c2ccc(F)cc12. The van der Waals surface area contributed by atoms with Crippen LogP contribution in [0.1, 0.15) is 17.5 Å². The van der Waals surface area contributed by atoms with Gasteiger partial charge in [-0.25, -0.2) is 4.39 Å². The minimum absolute atomic E-state index is 0.0566. The van der Waals surface area contributed by atoms with Crippen molar-refractivity contribution in [1.29, 1.82) is 0 Å². The van der Waals surface area contributed by atoms with E-state index in [1.165, 1.54) is 6.07 Å². The van der Waals surface area contributed by atoms with Crippen LogP contribution in [0.2, 0.25) is 0 Å². The standard InChI is InChI=1S/C23H26FN5O2/c1-25-23(26-9-8-16-14-28-21-5-3-17(24)13-19(16)21)27-10-11-31-18-4-6-20-15(12-18)2-7-22(30)29-20/h3-6,12-14,28H,2,7-11H2,1H3,(H,29,30)(H2,25,26,27). The Hall–Kier alpha value is -3.55. The molecule has 8 heteroatoms. The number of hydrogen-bond acceptors (Lipinski definition) is 3. The Labute approximate surface area is 180 Å². The number of ether oxygens (including phenoxy) is 1. The third-order valence-electron chi connectivity index (χ3n) is 5.28. The number of guanidine groups is 1. The number of carbonyl (C=O) groups is 1. The third-order valence-corrected chi connectivity index (χ3v) is 5.28. The van der Waals surface area contributed by atoms with Crippen molar-refractivity contribution in [3.63, 3.8) is 0 Å². The average Bonchev–Trinajstić information content (AvgIpc) is 3.17. The number of aliphatic imine (C=N–C) groups is 1. The number of nitrogens with one attached hydrogen (secondary N) is 4. The van der Waals surface area contributed by atoms with Crippen LogP contribution in [0.4, 0.5) is 10.1 Å². The molecule has 0 radical (unpaired) electrons. The van der Waals surface area contributed by atoms with Gasteiger partial charge < -0.3 is 25.7 Å². The van der Waals surface area contributed by atoms with Crippen LogP contribution in [0.5, 0.6) is 5.75 Å². The Morgan fingerprint density at radius 2 is 2.03 bits per heavy atom. The zero-order chi connectivity index (χ0) is 21.6. The molecule has 1 aromatic heterocycles.